The van der Waals surface area contributed by atoms with Gasteiger partial charge in [-0.3, -0.25) is 19.3 Å². The fourth-order valence-corrected chi connectivity index (χ4v) is 4.90. The minimum Gasteiger partial charge on any atom is -0.393 e. The van der Waals surface area contributed by atoms with Crippen molar-refractivity contribution in [2.75, 3.05) is 31.5 Å². The van der Waals surface area contributed by atoms with Crippen molar-refractivity contribution >= 4 is 23.4 Å². The topological polar surface area (TPSA) is 122 Å². The third-order valence-electron chi connectivity index (χ3n) is 6.88. The molecule has 2 unspecified atom stereocenters. The Hall–Kier alpha value is -2.49. The van der Waals surface area contributed by atoms with Crippen molar-refractivity contribution in [2.45, 2.75) is 69.7 Å². The number of anilines is 1. The molecule has 0 bridgehead atoms. The minimum atomic E-state index is -1.24. The van der Waals surface area contributed by atoms with E-state index in [1.165, 1.54) is 0 Å². The number of amides is 3. The van der Waals surface area contributed by atoms with Crippen LogP contribution in [0.25, 0.3) is 0 Å². The number of carbonyl (C=O) groups is 3. The summed E-state index contributed by atoms with van der Waals surface area (Å²) in [5.41, 5.74) is 1.46. The SMILES string of the molecule is O=C1CCC(N2C(=O)c3ccc(NCCCCCCN4CCC(O)CC4)cc3C2=O)C(O)N1. The Kier molecular flexibility index (Phi) is 7.62. The van der Waals surface area contributed by atoms with E-state index in [1.54, 1.807) is 18.2 Å². The van der Waals surface area contributed by atoms with Gasteiger partial charge in [0.1, 0.15) is 6.23 Å². The van der Waals surface area contributed by atoms with Gasteiger partial charge in [0.15, 0.2) is 0 Å². The summed E-state index contributed by atoms with van der Waals surface area (Å²) in [5.74, 6) is -1.14. The van der Waals surface area contributed by atoms with E-state index in [1.807, 2.05) is 0 Å². The molecule has 2 atom stereocenters. The second-order valence-electron chi connectivity index (χ2n) is 9.27. The Bertz CT molecular complexity index is 884. The first-order valence-corrected chi connectivity index (χ1v) is 12.1. The summed E-state index contributed by atoms with van der Waals surface area (Å²) in [6, 6.07) is 4.41. The average Bonchev–Trinajstić information content (AvgIpc) is 3.04. The van der Waals surface area contributed by atoms with Crippen molar-refractivity contribution < 1.29 is 24.6 Å². The van der Waals surface area contributed by atoms with Gasteiger partial charge in [-0.2, -0.15) is 0 Å². The number of benzene rings is 1. The molecular weight excluding hydrogens is 424 g/mol. The van der Waals surface area contributed by atoms with Crippen LogP contribution in [-0.2, 0) is 4.79 Å². The zero-order valence-electron chi connectivity index (χ0n) is 19.0. The molecule has 33 heavy (non-hydrogen) atoms. The van der Waals surface area contributed by atoms with Crippen LogP contribution < -0.4 is 10.6 Å². The lowest BCUT2D eigenvalue weighted by Gasteiger charge is -2.33. The van der Waals surface area contributed by atoms with Crippen molar-refractivity contribution in [3.8, 4) is 0 Å². The maximum atomic E-state index is 12.9. The molecule has 1 aromatic rings. The number of nitrogens with zero attached hydrogens (tertiary/aromatic N) is 2. The number of hydrogen-bond donors (Lipinski definition) is 4. The number of piperidine rings is 2. The van der Waals surface area contributed by atoms with Crippen LogP contribution >= 0.6 is 0 Å². The maximum absolute atomic E-state index is 12.9. The quantitative estimate of drug-likeness (QED) is 0.325. The number of hydrogen-bond acceptors (Lipinski definition) is 7. The van der Waals surface area contributed by atoms with Crippen LogP contribution in [-0.4, -0.2) is 82.3 Å². The van der Waals surface area contributed by atoms with E-state index < -0.39 is 24.1 Å². The summed E-state index contributed by atoms with van der Waals surface area (Å²) >= 11 is 0. The molecule has 9 heteroatoms. The summed E-state index contributed by atoms with van der Waals surface area (Å²) in [6.45, 7) is 3.87. The van der Waals surface area contributed by atoms with Crippen molar-refractivity contribution in [2.24, 2.45) is 0 Å². The molecule has 0 radical (unpaired) electrons. The predicted molar refractivity (Wildman–Crippen MR) is 123 cm³/mol. The lowest BCUT2D eigenvalue weighted by molar-refractivity contribution is -0.129. The summed E-state index contributed by atoms with van der Waals surface area (Å²) in [7, 11) is 0. The molecule has 3 heterocycles. The third kappa shape index (κ3) is 5.54. The molecule has 1 aromatic carbocycles. The van der Waals surface area contributed by atoms with Crippen LogP contribution in [0.5, 0.6) is 0 Å². The molecule has 0 saturated carbocycles. The summed E-state index contributed by atoms with van der Waals surface area (Å²) in [6.07, 6.45) is 5.28. The molecule has 0 aromatic heterocycles. The van der Waals surface area contributed by atoms with Gasteiger partial charge in [-0.15, -0.1) is 0 Å². The van der Waals surface area contributed by atoms with Gasteiger partial charge in [-0.05, 0) is 56.8 Å². The highest BCUT2D eigenvalue weighted by Crippen LogP contribution is 2.30. The number of rotatable bonds is 9. The standard InChI is InChI=1S/C24H34N4O5/c29-17-9-13-27(14-10-17)12-4-2-1-3-11-25-16-5-6-18-19(15-16)24(33)28(23(18)32)20-7-8-21(30)26-22(20)31/h5-6,15,17,20,22,25,29,31H,1-4,7-14H2,(H,26,30). The predicted octanol–water partition coefficient (Wildman–Crippen LogP) is 1.31. The van der Waals surface area contributed by atoms with Crippen LogP contribution in [0.2, 0.25) is 0 Å². The number of aliphatic hydroxyl groups is 2. The first-order valence-electron chi connectivity index (χ1n) is 12.1. The minimum absolute atomic E-state index is 0.121. The highest BCUT2D eigenvalue weighted by molar-refractivity contribution is 6.22. The Morgan fingerprint density at radius 2 is 1.67 bits per heavy atom. The van der Waals surface area contributed by atoms with Gasteiger partial charge in [0.05, 0.1) is 23.3 Å². The number of aliphatic hydroxyl groups excluding tert-OH is 2. The van der Waals surface area contributed by atoms with E-state index in [4.69, 9.17) is 0 Å². The number of unbranched alkanes of at least 4 members (excludes halogenated alkanes) is 3. The molecule has 3 aliphatic rings. The van der Waals surface area contributed by atoms with Crippen LogP contribution in [0.1, 0.15) is 72.1 Å². The number of fused-ring (bicyclic) bond motifs is 1. The van der Waals surface area contributed by atoms with Gasteiger partial charge in [0.2, 0.25) is 5.91 Å². The largest absolute Gasteiger partial charge is 0.393 e. The lowest BCUT2D eigenvalue weighted by atomic mass is 10.0. The normalized spacial score (nSPS) is 24.2. The van der Waals surface area contributed by atoms with E-state index in [2.05, 4.69) is 15.5 Å². The van der Waals surface area contributed by atoms with E-state index in [-0.39, 0.29) is 24.9 Å². The molecule has 2 fully saturated rings. The fourth-order valence-electron chi connectivity index (χ4n) is 4.90. The Morgan fingerprint density at radius 3 is 2.42 bits per heavy atom. The molecule has 3 aliphatic heterocycles. The van der Waals surface area contributed by atoms with Crippen LogP contribution in [0.15, 0.2) is 18.2 Å². The van der Waals surface area contributed by atoms with Gasteiger partial charge in [-0.1, -0.05) is 12.8 Å². The van der Waals surface area contributed by atoms with Crippen molar-refractivity contribution in [3.63, 3.8) is 0 Å². The smallest absolute Gasteiger partial charge is 0.262 e. The molecular formula is C24H34N4O5. The maximum Gasteiger partial charge on any atom is 0.262 e. The first-order chi connectivity index (χ1) is 15.9. The van der Waals surface area contributed by atoms with Gasteiger partial charge in [0, 0.05) is 31.7 Å². The number of likely N-dealkylation sites (tertiary alicyclic amines) is 1. The van der Waals surface area contributed by atoms with Crippen molar-refractivity contribution in [1.82, 2.24) is 15.1 Å². The van der Waals surface area contributed by atoms with Crippen LogP contribution in [0.4, 0.5) is 5.69 Å². The molecule has 2 saturated heterocycles. The molecule has 3 amide bonds. The summed E-state index contributed by atoms with van der Waals surface area (Å²) in [5, 5.41) is 25.5. The van der Waals surface area contributed by atoms with E-state index in [0.717, 1.165) is 75.3 Å². The average molecular weight is 459 g/mol. The van der Waals surface area contributed by atoms with E-state index in [0.29, 0.717) is 11.1 Å². The van der Waals surface area contributed by atoms with Gasteiger partial charge < -0.3 is 25.7 Å². The van der Waals surface area contributed by atoms with Crippen LogP contribution in [0, 0.1) is 0 Å². The highest BCUT2D eigenvalue weighted by Gasteiger charge is 2.44. The Morgan fingerprint density at radius 1 is 0.939 bits per heavy atom. The monoisotopic (exact) mass is 458 g/mol. The first kappa shape index (κ1) is 23.7. The van der Waals surface area contributed by atoms with Crippen molar-refractivity contribution in [1.29, 1.82) is 0 Å². The zero-order valence-corrected chi connectivity index (χ0v) is 19.0. The number of imide groups is 1. The van der Waals surface area contributed by atoms with Crippen LogP contribution in [0.3, 0.4) is 0 Å². The molecule has 9 nitrogen and oxygen atoms in total. The number of carbonyl (C=O) groups excluding carboxylic acids is 3. The van der Waals surface area contributed by atoms with E-state index >= 15 is 0 Å². The van der Waals surface area contributed by atoms with Gasteiger partial charge in [0.25, 0.3) is 11.8 Å². The summed E-state index contributed by atoms with van der Waals surface area (Å²) in [4.78, 5) is 40.7. The molecule has 0 aliphatic carbocycles. The molecule has 4 N–H and O–H groups in total. The Labute approximate surface area is 194 Å². The zero-order chi connectivity index (χ0) is 23.4. The second kappa shape index (κ2) is 10.6. The fraction of sp³-hybridized carbons (Fsp3) is 0.625. The second-order valence-corrected chi connectivity index (χ2v) is 9.27. The molecule has 0 spiro atoms. The number of nitrogens with one attached hydrogen (secondary N) is 2. The van der Waals surface area contributed by atoms with Gasteiger partial charge >= 0.3 is 0 Å². The molecule has 4 rings (SSSR count). The lowest BCUT2D eigenvalue weighted by Crippen LogP contribution is -2.57. The van der Waals surface area contributed by atoms with Crippen molar-refractivity contribution in [3.05, 3.63) is 29.3 Å². The summed E-state index contributed by atoms with van der Waals surface area (Å²) < 4.78 is 0. The highest BCUT2D eigenvalue weighted by atomic mass is 16.3. The van der Waals surface area contributed by atoms with Gasteiger partial charge in [-0.25, -0.2) is 0 Å². The molecule has 180 valence electrons. The Balaban J connectivity index is 1.21. The third-order valence-corrected chi connectivity index (χ3v) is 6.88. The van der Waals surface area contributed by atoms with E-state index in [9.17, 15) is 24.6 Å².